The van der Waals surface area contributed by atoms with E-state index in [9.17, 15) is 0 Å². The molecule has 0 radical (unpaired) electrons. The van der Waals surface area contributed by atoms with Crippen LogP contribution in [0.25, 0.3) is 60.3 Å². The predicted octanol–water partition coefficient (Wildman–Crippen LogP) is 9.37. The maximum absolute atomic E-state index is 6.63. The highest BCUT2D eigenvalue weighted by atomic mass is 32.4. The molecule has 0 unspecified atom stereocenters. The number of rotatable bonds is 4. The molecule has 4 heteroatoms. The molecular weight excluding hydrogens is 584 g/mol. The molecule has 0 amide bonds. The average Bonchev–Trinajstić information content (AvgIpc) is 3.52. The van der Waals surface area contributed by atoms with Crippen LogP contribution in [0.1, 0.15) is 0 Å². The van der Waals surface area contributed by atoms with Gasteiger partial charge in [0.15, 0.2) is 0 Å². The highest BCUT2D eigenvalue weighted by Crippen LogP contribution is 2.44. The molecule has 0 spiro atoms. The number of nitrogens with zero attached hydrogens (tertiary/aromatic N) is 2. The van der Waals surface area contributed by atoms with Gasteiger partial charge in [0.2, 0.25) is 0 Å². The van der Waals surface area contributed by atoms with Gasteiger partial charge in [0.05, 0.1) is 16.6 Å². The number of benzene rings is 7. The quantitative estimate of drug-likeness (QED) is 0.146. The normalized spacial score (nSPS) is 12.1. The lowest BCUT2D eigenvalue weighted by molar-refractivity contribution is 1.31. The molecule has 0 N–H and O–H groups in total. The van der Waals surface area contributed by atoms with Crippen LogP contribution in [0.3, 0.4) is 0 Å². The van der Waals surface area contributed by atoms with Gasteiger partial charge in [-0.2, -0.15) is 0 Å². The van der Waals surface area contributed by atoms with Crippen LogP contribution in [0.2, 0.25) is 0 Å². The van der Waals surface area contributed by atoms with Crippen molar-refractivity contribution in [2.24, 2.45) is 0 Å². The summed E-state index contributed by atoms with van der Waals surface area (Å²) < 4.78 is 2.31. The van der Waals surface area contributed by atoms with Gasteiger partial charge in [0.1, 0.15) is 5.65 Å². The number of para-hydroxylation sites is 3. The molecule has 0 aliphatic carbocycles. The Balaban J connectivity index is 1.25. The number of pyridine rings is 1. The molecule has 0 aliphatic heterocycles. The predicted molar refractivity (Wildman–Crippen MR) is 197 cm³/mol. The van der Waals surface area contributed by atoms with Crippen LogP contribution in [0, 0.1) is 0 Å². The van der Waals surface area contributed by atoms with Crippen LogP contribution < -0.4 is 15.9 Å². The lowest BCUT2D eigenvalue weighted by atomic mass is 9.94. The maximum atomic E-state index is 6.63. The molecule has 0 saturated carbocycles. The molecule has 7 aromatic carbocycles. The van der Waals surface area contributed by atoms with E-state index in [0.29, 0.717) is 0 Å². The fraction of sp³-hybridized carbons (Fsp3) is 0. The summed E-state index contributed by atoms with van der Waals surface area (Å²) in [7, 11) is 0. The first-order valence-corrected chi connectivity index (χ1v) is 18.0. The summed E-state index contributed by atoms with van der Waals surface area (Å²) in [6, 6.07) is 56.4. The topological polar surface area (TPSA) is 17.3 Å². The van der Waals surface area contributed by atoms with E-state index in [0.717, 1.165) is 22.1 Å². The smallest absolute Gasteiger partial charge is 0.146 e. The first kappa shape index (κ1) is 26.3. The van der Waals surface area contributed by atoms with Crippen LogP contribution >= 0.6 is 6.04 Å². The van der Waals surface area contributed by atoms with E-state index in [-0.39, 0.29) is 0 Å². The lowest BCUT2D eigenvalue weighted by Crippen LogP contribution is -2.24. The first-order valence-electron chi connectivity index (χ1n) is 15.2. The van der Waals surface area contributed by atoms with Gasteiger partial charge in [0, 0.05) is 22.2 Å². The van der Waals surface area contributed by atoms with Crippen LogP contribution in [-0.4, -0.2) is 9.38 Å². The van der Waals surface area contributed by atoms with E-state index >= 15 is 0 Å². The Morgan fingerprint density at radius 2 is 1.11 bits per heavy atom. The second-order valence-electron chi connectivity index (χ2n) is 11.5. The van der Waals surface area contributed by atoms with Crippen molar-refractivity contribution >= 4 is 82.9 Å². The van der Waals surface area contributed by atoms with Crippen molar-refractivity contribution in [3.05, 3.63) is 164 Å². The largest absolute Gasteiger partial charge is 0.292 e. The zero-order valence-corrected chi connectivity index (χ0v) is 26.0. The number of hydrogen-bond acceptors (Lipinski definition) is 2. The number of fused-ring (bicyclic) bond motifs is 9. The third-order valence-electron chi connectivity index (χ3n) is 9.02. The number of aromatic nitrogens is 2. The number of hydrogen-bond donors (Lipinski definition) is 0. The Kier molecular flexibility index (Phi) is 5.99. The van der Waals surface area contributed by atoms with Gasteiger partial charge in [-0.1, -0.05) is 145 Å². The second-order valence-corrected chi connectivity index (χ2v) is 15.9. The third-order valence-corrected chi connectivity index (χ3v) is 14.0. The van der Waals surface area contributed by atoms with Gasteiger partial charge in [0.25, 0.3) is 0 Å². The lowest BCUT2D eigenvalue weighted by Gasteiger charge is -2.24. The van der Waals surface area contributed by atoms with E-state index in [4.69, 9.17) is 16.8 Å². The third kappa shape index (κ3) is 4.02. The van der Waals surface area contributed by atoms with E-state index in [2.05, 4.69) is 168 Å². The van der Waals surface area contributed by atoms with Crippen molar-refractivity contribution in [3.63, 3.8) is 0 Å². The standard InChI is InChI=1S/C41H27N2PS/c45-44(31-12-3-1-4-13-31,32-14-5-2-6-15-32)33-25-24-28-26-30(23-22-29(28)27-33)34-17-11-18-36-40(34)35-16-7-9-20-38(35)43-39-21-10-8-19-37(39)42-41(36)43/h1-27H. The van der Waals surface area contributed by atoms with Gasteiger partial charge in [-0.3, -0.25) is 4.40 Å². The van der Waals surface area contributed by atoms with Crippen molar-refractivity contribution < 1.29 is 0 Å². The minimum absolute atomic E-state index is 0.991. The molecule has 212 valence electrons. The van der Waals surface area contributed by atoms with Gasteiger partial charge >= 0.3 is 0 Å². The van der Waals surface area contributed by atoms with E-state index < -0.39 is 6.04 Å². The summed E-state index contributed by atoms with van der Waals surface area (Å²) in [5.74, 6) is 0. The van der Waals surface area contributed by atoms with Crippen molar-refractivity contribution in [1.29, 1.82) is 0 Å². The molecule has 9 aromatic rings. The summed E-state index contributed by atoms with van der Waals surface area (Å²) in [5.41, 5.74) is 6.70. The highest BCUT2D eigenvalue weighted by molar-refractivity contribution is 8.25. The van der Waals surface area contributed by atoms with E-state index in [1.54, 1.807) is 0 Å². The highest BCUT2D eigenvalue weighted by Gasteiger charge is 2.25. The van der Waals surface area contributed by atoms with E-state index in [1.807, 2.05) is 0 Å². The minimum atomic E-state index is -2.22. The molecule has 0 fully saturated rings. The zero-order chi connectivity index (χ0) is 30.0. The summed E-state index contributed by atoms with van der Waals surface area (Å²) in [5, 5.41) is 9.64. The molecular formula is C41H27N2PS. The van der Waals surface area contributed by atoms with Crippen molar-refractivity contribution in [2.75, 3.05) is 0 Å². The SMILES string of the molecule is S=P(c1ccccc1)(c1ccccc1)c1ccc2cc(-c3cccc4c3c3ccccc3n3c5ccccc5nc43)ccc2c1. The van der Waals surface area contributed by atoms with Crippen LogP contribution in [-0.2, 0) is 11.8 Å². The Morgan fingerprint density at radius 3 is 1.89 bits per heavy atom. The minimum Gasteiger partial charge on any atom is -0.292 e. The summed E-state index contributed by atoms with van der Waals surface area (Å²) >= 11 is 6.63. The zero-order valence-electron chi connectivity index (χ0n) is 24.3. The van der Waals surface area contributed by atoms with Crippen molar-refractivity contribution in [1.82, 2.24) is 9.38 Å². The number of imidazole rings is 1. The van der Waals surface area contributed by atoms with Gasteiger partial charge in [-0.25, -0.2) is 4.98 Å². The fourth-order valence-corrected chi connectivity index (χ4v) is 10.7. The van der Waals surface area contributed by atoms with Gasteiger partial charge in [-0.05, 0) is 68.1 Å². The molecule has 0 atom stereocenters. The van der Waals surface area contributed by atoms with E-state index in [1.165, 1.54) is 54.1 Å². The van der Waals surface area contributed by atoms with Crippen LogP contribution in [0.15, 0.2) is 164 Å². The van der Waals surface area contributed by atoms with Gasteiger partial charge in [-0.15, -0.1) is 0 Å². The molecule has 0 bridgehead atoms. The Labute approximate surface area is 266 Å². The summed E-state index contributed by atoms with van der Waals surface area (Å²) in [6.07, 6.45) is 0. The maximum Gasteiger partial charge on any atom is 0.146 e. The van der Waals surface area contributed by atoms with Crippen LogP contribution in [0.4, 0.5) is 0 Å². The molecule has 2 nitrogen and oxygen atoms in total. The van der Waals surface area contributed by atoms with Gasteiger partial charge < -0.3 is 0 Å². The average molecular weight is 611 g/mol. The molecule has 2 aromatic heterocycles. The molecule has 9 rings (SSSR count). The molecule has 2 heterocycles. The Bertz CT molecular complexity index is 2580. The first-order chi connectivity index (χ1) is 22.2. The monoisotopic (exact) mass is 610 g/mol. The molecule has 0 saturated heterocycles. The fourth-order valence-electron chi connectivity index (χ4n) is 6.92. The molecule has 0 aliphatic rings. The van der Waals surface area contributed by atoms with Crippen LogP contribution in [0.5, 0.6) is 0 Å². The molecule has 45 heavy (non-hydrogen) atoms. The second kappa shape index (κ2) is 10.2. The van der Waals surface area contributed by atoms with Crippen molar-refractivity contribution in [2.45, 2.75) is 0 Å². The Hall–Kier alpha value is -5.08. The van der Waals surface area contributed by atoms with Crippen molar-refractivity contribution in [3.8, 4) is 11.1 Å². The Morgan fingerprint density at radius 1 is 0.489 bits per heavy atom. The summed E-state index contributed by atoms with van der Waals surface area (Å²) in [6.45, 7) is 0. The summed E-state index contributed by atoms with van der Waals surface area (Å²) in [4.78, 5) is 5.12.